The Balaban J connectivity index is 2.13. The predicted molar refractivity (Wildman–Crippen MR) is 104 cm³/mol. The molecule has 2 aromatic carbocycles. The van der Waals surface area contributed by atoms with Gasteiger partial charge in [0.05, 0.1) is 25.9 Å². The van der Waals surface area contributed by atoms with Crippen molar-refractivity contribution in [3.8, 4) is 5.75 Å². The van der Waals surface area contributed by atoms with Crippen LogP contribution in [-0.2, 0) is 11.3 Å². The Labute approximate surface area is 159 Å². The Kier molecular flexibility index (Phi) is 7.33. The van der Waals surface area contributed by atoms with Crippen molar-refractivity contribution in [2.45, 2.75) is 32.2 Å². The van der Waals surface area contributed by atoms with Gasteiger partial charge in [-0.25, -0.2) is 0 Å². The molecule has 0 saturated heterocycles. The lowest BCUT2D eigenvalue weighted by molar-refractivity contribution is 0.00590. The van der Waals surface area contributed by atoms with Gasteiger partial charge in [0.25, 0.3) is 0 Å². The van der Waals surface area contributed by atoms with Crippen molar-refractivity contribution in [2.24, 2.45) is 0 Å². The first kappa shape index (κ1) is 18.7. The molecule has 0 amide bonds. The maximum atomic E-state index is 9.80. The van der Waals surface area contributed by atoms with E-state index in [0.717, 1.165) is 24.9 Å². The van der Waals surface area contributed by atoms with Crippen LogP contribution in [0, 0.1) is 3.57 Å². The monoisotopic (exact) mass is 490 g/mol. The summed E-state index contributed by atoms with van der Waals surface area (Å²) in [5.41, 5.74) is 2.17. The Morgan fingerprint density at radius 2 is 1.87 bits per heavy atom. The molecule has 2 atom stereocenters. The number of methoxy groups -OCH3 is 1. The Morgan fingerprint density at radius 1 is 1.17 bits per heavy atom. The molecule has 124 valence electrons. The molecule has 2 aromatic rings. The fourth-order valence-electron chi connectivity index (χ4n) is 2.27. The average Bonchev–Trinajstić information content (AvgIpc) is 2.54. The molecule has 2 unspecified atom stereocenters. The van der Waals surface area contributed by atoms with Crippen molar-refractivity contribution in [2.75, 3.05) is 7.11 Å². The normalized spacial score (nSPS) is 13.6. The van der Waals surface area contributed by atoms with Gasteiger partial charge in [0, 0.05) is 14.5 Å². The second-order valence-corrected chi connectivity index (χ2v) is 7.48. The quantitative estimate of drug-likeness (QED) is 0.549. The van der Waals surface area contributed by atoms with Gasteiger partial charge in [0.15, 0.2) is 0 Å². The zero-order chi connectivity index (χ0) is 16.8. The summed E-state index contributed by atoms with van der Waals surface area (Å²) in [4.78, 5) is 0. The molecule has 0 saturated carbocycles. The number of halogens is 2. The predicted octanol–water partition coefficient (Wildman–Crippen LogP) is 5.09. The molecule has 5 heteroatoms. The summed E-state index contributed by atoms with van der Waals surface area (Å²) >= 11 is 5.81. The molecule has 0 radical (unpaired) electrons. The maximum Gasteiger partial charge on any atom is 0.118 e. The molecule has 2 rings (SSSR count). The van der Waals surface area contributed by atoms with Crippen molar-refractivity contribution < 1.29 is 14.6 Å². The zero-order valence-corrected chi connectivity index (χ0v) is 16.9. The van der Waals surface area contributed by atoms with Crippen molar-refractivity contribution >= 4 is 38.5 Å². The van der Waals surface area contributed by atoms with Crippen LogP contribution < -0.4 is 4.74 Å². The van der Waals surface area contributed by atoms with Gasteiger partial charge in [-0.2, -0.15) is 0 Å². The Bertz CT molecular complexity index is 629. The van der Waals surface area contributed by atoms with E-state index >= 15 is 0 Å². The molecule has 0 aromatic heterocycles. The molecule has 0 aliphatic rings. The lowest BCUT2D eigenvalue weighted by Gasteiger charge is -2.21. The molecule has 23 heavy (non-hydrogen) atoms. The third-order valence-corrected chi connectivity index (χ3v) is 4.95. The van der Waals surface area contributed by atoms with Gasteiger partial charge in [-0.1, -0.05) is 28.1 Å². The highest BCUT2D eigenvalue weighted by Gasteiger charge is 2.18. The summed E-state index contributed by atoms with van der Waals surface area (Å²) < 4.78 is 13.4. The van der Waals surface area contributed by atoms with E-state index in [2.05, 4.69) is 44.6 Å². The van der Waals surface area contributed by atoms with Crippen molar-refractivity contribution in [1.29, 1.82) is 0 Å². The average molecular weight is 491 g/mol. The van der Waals surface area contributed by atoms with Crippen molar-refractivity contribution in [3.05, 3.63) is 61.6 Å². The van der Waals surface area contributed by atoms with Gasteiger partial charge in [0.1, 0.15) is 5.75 Å². The standard InChI is InChI=1S/C18H20BrIO3/c1-12(21)9-18(16-10-14(19)5-8-17(16)20)23-11-13-3-6-15(22-2)7-4-13/h3-8,10,12,18,21H,9,11H2,1-2H3. The van der Waals surface area contributed by atoms with Gasteiger partial charge in [0.2, 0.25) is 0 Å². The molecule has 0 aliphatic carbocycles. The van der Waals surface area contributed by atoms with Gasteiger partial charge in [-0.05, 0) is 71.0 Å². The van der Waals surface area contributed by atoms with Crippen LogP contribution in [0.25, 0.3) is 0 Å². The lowest BCUT2D eigenvalue weighted by Crippen LogP contribution is -2.13. The number of ether oxygens (including phenoxy) is 2. The fraction of sp³-hybridized carbons (Fsp3) is 0.333. The lowest BCUT2D eigenvalue weighted by atomic mass is 10.0. The van der Waals surface area contributed by atoms with E-state index in [4.69, 9.17) is 9.47 Å². The van der Waals surface area contributed by atoms with Crippen LogP contribution in [0.4, 0.5) is 0 Å². The summed E-state index contributed by atoms with van der Waals surface area (Å²) in [6.45, 7) is 2.28. The first-order valence-electron chi connectivity index (χ1n) is 7.37. The Morgan fingerprint density at radius 3 is 2.48 bits per heavy atom. The third-order valence-electron chi connectivity index (χ3n) is 3.47. The number of hydrogen-bond donors (Lipinski definition) is 1. The van der Waals surface area contributed by atoms with Gasteiger partial charge in [-0.3, -0.25) is 0 Å². The first-order chi connectivity index (χ1) is 11.0. The summed E-state index contributed by atoms with van der Waals surface area (Å²) in [6.07, 6.45) is -0.0186. The van der Waals surface area contributed by atoms with Gasteiger partial charge >= 0.3 is 0 Å². The topological polar surface area (TPSA) is 38.7 Å². The van der Waals surface area contributed by atoms with E-state index in [0.29, 0.717) is 13.0 Å². The number of hydrogen-bond acceptors (Lipinski definition) is 3. The third kappa shape index (κ3) is 5.74. The number of benzene rings is 2. The summed E-state index contributed by atoms with van der Waals surface area (Å²) in [6, 6.07) is 13.9. The SMILES string of the molecule is COc1ccc(COC(CC(C)O)c2cc(Br)ccc2I)cc1. The van der Waals surface area contributed by atoms with Crippen LogP contribution in [0.1, 0.15) is 30.6 Å². The van der Waals surface area contributed by atoms with E-state index < -0.39 is 6.10 Å². The first-order valence-corrected chi connectivity index (χ1v) is 9.24. The summed E-state index contributed by atoms with van der Waals surface area (Å²) in [5, 5.41) is 9.80. The van der Waals surface area contributed by atoms with Gasteiger partial charge in [-0.15, -0.1) is 0 Å². The molecule has 0 aliphatic heterocycles. The highest BCUT2D eigenvalue weighted by Crippen LogP contribution is 2.30. The second kappa shape index (κ2) is 9.01. The van der Waals surface area contributed by atoms with Crippen LogP contribution in [0.3, 0.4) is 0 Å². The molecular formula is C18H20BrIO3. The molecule has 0 fully saturated rings. The molecule has 3 nitrogen and oxygen atoms in total. The van der Waals surface area contributed by atoms with E-state index in [9.17, 15) is 5.11 Å². The molecular weight excluding hydrogens is 471 g/mol. The number of rotatable bonds is 7. The van der Waals surface area contributed by atoms with Crippen LogP contribution in [-0.4, -0.2) is 18.3 Å². The second-order valence-electron chi connectivity index (χ2n) is 5.40. The van der Waals surface area contributed by atoms with Crippen LogP contribution in [0.5, 0.6) is 5.75 Å². The zero-order valence-electron chi connectivity index (χ0n) is 13.1. The largest absolute Gasteiger partial charge is 0.497 e. The van der Waals surface area contributed by atoms with E-state index in [-0.39, 0.29) is 6.10 Å². The number of aliphatic hydroxyl groups excluding tert-OH is 1. The van der Waals surface area contributed by atoms with Crippen molar-refractivity contribution in [3.63, 3.8) is 0 Å². The van der Waals surface area contributed by atoms with Crippen LogP contribution in [0.15, 0.2) is 46.9 Å². The fourth-order valence-corrected chi connectivity index (χ4v) is 3.34. The highest BCUT2D eigenvalue weighted by molar-refractivity contribution is 14.1. The van der Waals surface area contributed by atoms with E-state index in [1.54, 1.807) is 14.0 Å². The molecule has 0 bridgehead atoms. The minimum atomic E-state index is -0.425. The van der Waals surface area contributed by atoms with E-state index in [1.165, 1.54) is 0 Å². The maximum absolute atomic E-state index is 9.80. The minimum absolute atomic E-state index is 0.151. The van der Waals surface area contributed by atoms with Gasteiger partial charge < -0.3 is 14.6 Å². The number of aliphatic hydroxyl groups is 1. The van der Waals surface area contributed by atoms with Crippen molar-refractivity contribution in [1.82, 2.24) is 0 Å². The highest BCUT2D eigenvalue weighted by atomic mass is 127. The smallest absolute Gasteiger partial charge is 0.118 e. The molecule has 0 spiro atoms. The van der Waals surface area contributed by atoms with Crippen LogP contribution in [0.2, 0.25) is 0 Å². The Hall–Kier alpha value is -0.630. The summed E-state index contributed by atoms with van der Waals surface area (Å²) in [7, 11) is 1.65. The van der Waals surface area contributed by atoms with Crippen LogP contribution >= 0.6 is 38.5 Å². The summed E-state index contributed by atoms with van der Waals surface area (Å²) in [5.74, 6) is 0.829. The molecule has 0 heterocycles. The molecule has 1 N–H and O–H groups in total. The minimum Gasteiger partial charge on any atom is -0.497 e. The van der Waals surface area contributed by atoms with E-state index in [1.807, 2.05) is 36.4 Å².